The van der Waals surface area contributed by atoms with Gasteiger partial charge in [0.15, 0.2) is 0 Å². The van der Waals surface area contributed by atoms with Gasteiger partial charge in [-0.15, -0.1) is 0 Å². The zero-order valence-corrected chi connectivity index (χ0v) is 11.2. The highest BCUT2D eigenvalue weighted by Gasteiger charge is 2.28. The van der Waals surface area contributed by atoms with E-state index in [1.165, 1.54) is 0 Å². The molecule has 0 heterocycles. The predicted molar refractivity (Wildman–Crippen MR) is 68.2 cm³/mol. The van der Waals surface area contributed by atoms with Crippen LogP contribution in [0.1, 0.15) is 19.4 Å². The van der Waals surface area contributed by atoms with E-state index in [1.807, 2.05) is 12.1 Å². The van der Waals surface area contributed by atoms with E-state index in [4.69, 9.17) is 19.9 Å². The third-order valence-electron chi connectivity index (χ3n) is 2.90. The van der Waals surface area contributed by atoms with Crippen LogP contribution in [0.15, 0.2) is 12.1 Å². The summed E-state index contributed by atoms with van der Waals surface area (Å²) in [5.74, 6) is 2.17. The molecular formula is C13H21NO3. The molecule has 0 aliphatic carbocycles. The molecule has 2 N–H and O–H groups in total. The first-order chi connectivity index (χ1) is 8.00. The molecule has 0 amide bonds. The Morgan fingerprint density at radius 1 is 1.00 bits per heavy atom. The average Bonchev–Trinajstić information content (AvgIpc) is 2.36. The van der Waals surface area contributed by atoms with Gasteiger partial charge in [-0.2, -0.15) is 0 Å². The molecule has 1 aromatic rings. The van der Waals surface area contributed by atoms with Crippen LogP contribution >= 0.6 is 0 Å². The van der Waals surface area contributed by atoms with Crippen LogP contribution in [0.2, 0.25) is 0 Å². The van der Waals surface area contributed by atoms with Gasteiger partial charge in [0.2, 0.25) is 0 Å². The Kier molecular flexibility index (Phi) is 4.23. The summed E-state index contributed by atoms with van der Waals surface area (Å²) in [6, 6.07) is 3.69. The van der Waals surface area contributed by atoms with Crippen LogP contribution in [0.4, 0.5) is 0 Å². The van der Waals surface area contributed by atoms with Crippen molar-refractivity contribution >= 4 is 0 Å². The molecular weight excluding hydrogens is 218 g/mol. The molecule has 1 rings (SSSR count). The maximum absolute atomic E-state index is 5.81. The van der Waals surface area contributed by atoms with Gasteiger partial charge in [-0.05, 0) is 0 Å². The summed E-state index contributed by atoms with van der Waals surface area (Å²) in [5, 5.41) is 0. The first kappa shape index (κ1) is 13.6. The molecule has 0 fully saturated rings. The summed E-state index contributed by atoms with van der Waals surface area (Å²) < 4.78 is 16.0. The number of nitrogens with two attached hydrogens (primary N) is 1. The molecule has 0 aromatic heterocycles. The van der Waals surface area contributed by atoms with E-state index in [0.29, 0.717) is 12.3 Å². The van der Waals surface area contributed by atoms with Crippen molar-refractivity contribution in [2.75, 3.05) is 27.9 Å². The molecule has 0 aliphatic rings. The number of benzene rings is 1. The Balaban J connectivity index is 3.45. The Labute approximate surface area is 103 Å². The number of ether oxygens (including phenoxy) is 3. The van der Waals surface area contributed by atoms with Gasteiger partial charge in [0.25, 0.3) is 0 Å². The van der Waals surface area contributed by atoms with Crippen molar-refractivity contribution in [3.05, 3.63) is 17.7 Å². The van der Waals surface area contributed by atoms with Gasteiger partial charge >= 0.3 is 0 Å². The van der Waals surface area contributed by atoms with Crippen LogP contribution in [0.25, 0.3) is 0 Å². The third-order valence-corrected chi connectivity index (χ3v) is 2.90. The Bertz CT molecular complexity index is 363. The molecule has 0 aliphatic heterocycles. The number of hydrogen-bond acceptors (Lipinski definition) is 4. The van der Waals surface area contributed by atoms with Crippen LogP contribution in [0.3, 0.4) is 0 Å². The lowest BCUT2D eigenvalue weighted by Crippen LogP contribution is -2.29. The minimum atomic E-state index is -0.219. The fourth-order valence-corrected chi connectivity index (χ4v) is 1.77. The molecule has 1 aromatic carbocycles. The molecule has 0 spiro atoms. The number of hydrogen-bond donors (Lipinski definition) is 1. The van der Waals surface area contributed by atoms with Crippen LogP contribution in [0.5, 0.6) is 17.2 Å². The van der Waals surface area contributed by atoms with E-state index in [1.54, 1.807) is 21.3 Å². The molecule has 4 heteroatoms. The number of rotatable bonds is 5. The van der Waals surface area contributed by atoms with E-state index < -0.39 is 0 Å². The van der Waals surface area contributed by atoms with Crippen molar-refractivity contribution in [1.29, 1.82) is 0 Å². The van der Waals surface area contributed by atoms with Crippen LogP contribution in [-0.2, 0) is 5.41 Å². The van der Waals surface area contributed by atoms with Gasteiger partial charge in [-0.1, -0.05) is 13.8 Å². The summed E-state index contributed by atoms with van der Waals surface area (Å²) in [5.41, 5.74) is 6.56. The van der Waals surface area contributed by atoms with Crippen LogP contribution < -0.4 is 19.9 Å². The smallest absolute Gasteiger partial charge is 0.130 e. The minimum Gasteiger partial charge on any atom is -0.496 e. The van der Waals surface area contributed by atoms with Crippen molar-refractivity contribution in [2.45, 2.75) is 19.3 Å². The Morgan fingerprint density at radius 3 is 1.76 bits per heavy atom. The van der Waals surface area contributed by atoms with Gasteiger partial charge in [-0.25, -0.2) is 0 Å². The number of methoxy groups -OCH3 is 3. The van der Waals surface area contributed by atoms with Crippen molar-refractivity contribution in [2.24, 2.45) is 5.73 Å². The van der Waals surface area contributed by atoms with Crippen molar-refractivity contribution in [1.82, 2.24) is 0 Å². The quantitative estimate of drug-likeness (QED) is 0.853. The van der Waals surface area contributed by atoms with E-state index in [2.05, 4.69) is 13.8 Å². The van der Waals surface area contributed by atoms with Crippen molar-refractivity contribution in [3.8, 4) is 17.2 Å². The minimum absolute atomic E-state index is 0.219. The lowest BCUT2D eigenvalue weighted by molar-refractivity contribution is 0.351. The summed E-state index contributed by atoms with van der Waals surface area (Å²) in [7, 11) is 4.87. The highest BCUT2D eigenvalue weighted by molar-refractivity contribution is 5.54. The zero-order valence-electron chi connectivity index (χ0n) is 11.2. The lowest BCUT2D eigenvalue weighted by Gasteiger charge is -2.27. The molecule has 0 saturated carbocycles. The molecule has 0 atom stereocenters. The average molecular weight is 239 g/mol. The highest BCUT2D eigenvalue weighted by Crippen LogP contribution is 2.41. The first-order valence-corrected chi connectivity index (χ1v) is 5.50. The Morgan fingerprint density at radius 2 is 1.47 bits per heavy atom. The molecule has 0 unspecified atom stereocenters. The normalized spacial score (nSPS) is 11.2. The largest absolute Gasteiger partial charge is 0.496 e. The van der Waals surface area contributed by atoms with Gasteiger partial charge in [0.05, 0.1) is 21.3 Å². The standard InChI is InChI=1S/C13H21NO3/c1-13(2,8-14)12-10(16-4)6-9(15-3)7-11(12)17-5/h6-7H,8,14H2,1-5H3. The second-order valence-corrected chi connectivity index (χ2v) is 4.49. The first-order valence-electron chi connectivity index (χ1n) is 5.50. The van der Waals surface area contributed by atoms with Crippen molar-refractivity contribution < 1.29 is 14.2 Å². The molecule has 17 heavy (non-hydrogen) atoms. The molecule has 0 radical (unpaired) electrons. The Hall–Kier alpha value is -1.42. The topological polar surface area (TPSA) is 53.7 Å². The maximum atomic E-state index is 5.81. The lowest BCUT2D eigenvalue weighted by atomic mass is 9.83. The van der Waals surface area contributed by atoms with E-state index >= 15 is 0 Å². The van der Waals surface area contributed by atoms with E-state index in [-0.39, 0.29) is 5.41 Å². The molecule has 4 nitrogen and oxygen atoms in total. The second kappa shape index (κ2) is 5.27. The molecule has 96 valence electrons. The fourth-order valence-electron chi connectivity index (χ4n) is 1.77. The zero-order chi connectivity index (χ0) is 13.1. The summed E-state index contributed by atoms with van der Waals surface area (Å²) >= 11 is 0. The van der Waals surface area contributed by atoms with Crippen LogP contribution in [-0.4, -0.2) is 27.9 Å². The van der Waals surface area contributed by atoms with E-state index in [0.717, 1.165) is 17.1 Å². The summed E-state index contributed by atoms with van der Waals surface area (Å²) in [6.45, 7) is 4.62. The summed E-state index contributed by atoms with van der Waals surface area (Å²) in [4.78, 5) is 0. The highest BCUT2D eigenvalue weighted by atomic mass is 16.5. The predicted octanol–water partition coefficient (Wildman–Crippen LogP) is 1.95. The van der Waals surface area contributed by atoms with E-state index in [9.17, 15) is 0 Å². The molecule has 0 bridgehead atoms. The van der Waals surface area contributed by atoms with Gasteiger partial charge < -0.3 is 19.9 Å². The second-order valence-electron chi connectivity index (χ2n) is 4.49. The fraction of sp³-hybridized carbons (Fsp3) is 0.538. The van der Waals surface area contributed by atoms with Crippen LogP contribution in [0, 0.1) is 0 Å². The summed E-state index contributed by atoms with van der Waals surface area (Å²) in [6.07, 6.45) is 0. The third kappa shape index (κ3) is 2.64. The SMILES string of the molecule is COc1cc(OC)c(C(C)(C)CN)c(OC)c1. The van der Waals surface area contributed by atoms with Gasteiger partial charge in [0.1, 0.15) is 17.2 Å². The molecule has 0 saturated heterocycles. The monoisotopic (exact) mass is 239 g/mol. The van der Waals surface area contributed by atoms with Gasteiger partial charge in [0, 0.05) is 29.7 Å². The van der Waals surface area contributed by atoms with Gasteiger partial charge in [-0.3, -0.25) is 0 Å². The van der Waals surface area contributed by atoms with Crippen molar-refractivity contribution in [3.63, 3.8) is 0 Å². The maximum Gasteiger partial charge on any atom is 0.130 e.